The van der Waals surface area contributed by atoms with Gasteiger partial charge in [0.2, 0.25) is 0 Å². The van der Waals surface area contributed by atoms with Crippen molar-refractivity contribution in [2.24, 2.45) is 0 Å². The van der Waals surface area contributed by atoms with E-state index in [1.165, 1.54) is 23.3 Å². The van der Waals surface area contributed by atoms with Crippen LogP contribution in [0.15, 0.2) is 40.9 Å². The molecule has 0 bridgehead atoms. The van der Waals surface area contributed by atoms with Crippen LogP contribution >= 0.6 is 15.9 Å². The van der Waals surface area contributed by atoms with E-state index in [9.17, 15) is 4.39 Å². The van der Waals surface area contributed by atoms with Crippen LogP contribution < -0.4 is 10.1 Å². The number of fused-ring (bicyclic) bond motifs is 1. The Kier molecular flexibility index (Phi) is 4.15. The van der Waals surface area contributed by atoms with Crippen molar-refractivity contribution in [3.63, 3.8) is 0 Å². The highest BCUT2D eigenvalue weighted by molar-refractivity contribution is 9.10. The number of anilines is 1. The second-order valence-corrected chi connectivity index (χ2v) is 6.07. The monoisotopic (exact) mass is 349 g/mol. The van der Waals surface area contributed by atoms with Gasteiger partial charge in [0.15, 0.2) is 0 Å². The Morgan fingerprint density at radius 1 is 1.29 bits per heavy atom. The zero-order valence-corrected chi connectivity index (χ0v) is 13.4. The molecule has 1 unspecified atom stereocenters. The molecule has 0 amide bonds. The summed E-state index contributed by atoms with van der Waals surface area (Å²) in [5.41, 5.74) is 3.52. The van der Waals surface area contributed by atoms with E-state index in [0.29, 0.717) is 12.4 Å². The summed E-state index contributed by atoms with van der Waals surface area (Å²) in [5, 5.41) is 3.49. The molecule has 2 aromatic rings. The zero-order valence-electron chi connectivity index (χ0n) is 11.8. The van der Waals surface area contributed by atoms with Gasteiger partial charge in [-0.1, -0.05) is 22.0 Å². The molecule has 0 spiro atoms. The number of rotatable bonds is 4. The van der Waals surface area contributed by atoms with Crippen molar-refractivity contribution in [3.8, 4) is 5.75 Å². The SMILES string of the molecule is CCOc1cc(F)ccc1NC1CCc2cc(Br)ccc21. The number of hydrogen-bond acceptors (Lipinski definition) is 2. The van der Waals surface area contributed by atoms with Crippen LogP contribution in [-0.2, 0) is 6.42 Å². The van der Waals surface area contributed by atoms with E-state index in [2.05, 4.69) is 39.4 Å². The largest absolute Gasteiger partial charge is 0.492 e. The molecule has 0 aromatic heterocycles. The third-order valence-electron chi connectivity index (χ3n) is 3.76. The molecule has 0 aliphatic heterocycles. The number of hydrogen-bond donors (Lipinski definition) is 1. The minimum atomic E-state index is -0.278. The van der Waals surface area contributed by atoms with Gasteiger partial charge in [0.1, 0.15) is 11.6 Å². The maximum atomic E-state index is 13.4. The summed E-state index contributed by atoms with van der Waals surface area (Å²) in [6.07, 6.45) is 2.09. The van der Waals surface area contributed by atoms with Crippen LogP contribution in [-0.4, -0.2) is 6.61 Å². The first kappa shape index (κ1) is 14.4. The van der Waals surface area contributed by atoms with Gasteiger partial charge in [-0.3, -0.25) is 0 Å². The summed E-state index contributed by atoms with van der Waals surface area (Å²) in [6.45, 7) is 2.42. The number of ether oxygens (including phenoxy) is 1. The molecule has 4 heteroatoms. The first-order valence-corrected chi connectivity index (χ1v) is 7.94. The Bertz CT molecular complexity index is 659. The maximum Gasteiger partial charge on any atom is 0.145 e. The van der Waals surface area contributed by atoms with Crippen molar-refractivity contribution >= 4 is 21.6 Å². The van der Waals surface area contributed by atoms with E-state index < -0.39 is 0 Å². The van der Waals surface area contributed by atoms with Crippen LogP contribution in [0.2, 0.25) is 0 Å². The third-order valence-corrected chi connectivity index (χ3v) is 4.25. The van der Waals surface area contributed by atoms with E-state index in [-0.39, 0.29) is 11.9 Å². The molecule has 110 valence electrons. The maximum absolute atomic E-state index is 13.4. The van der Waals surface area contributed by atoms with Crippen LogP contribution in [0.3, 0.4) is 0 Å². The third kappa shape index (κ3) is 3.05. The summed E-state index contributed by atoms with van der Waals surface area (Å²) in [7, 11) is 0. The van der Waals surface area contributed by atoms with Crippen LogP contribution in [0.25, 0.3) is 0 Å². The summed E-state index contributed by atoms with van der Waals surface area (Å²) < 4.78 is 20.0. The molecule has 2 aromatic carbocycles. The molecule has 0 saturated carbocycles. The van der Waals surface area contributed by atoms with Crippen molar-refractivity contribution in [1.29, 1.82) is 0 Å². The lowest BCUT2D eigenvalue weighted by Crippen LogP contribution is -2.09. The lowest BCUT2D eigenvalue weighted by molar-refractivity contribution is 0.339. The van der Waals surface area contributed by atoms with E-state index in [4.69, 9.17) is 4.74 Å². The van der Waals surface area contributed by atoms with Crippen LogP contribution in [0.4, 0.5) is 10.1 Å². The molecule has 1 aliphatic carbocycles. The van der Waals surface area contributed by atoms with Crippen molar-refractivity contribution in [1.82, 2.24) is 0 Å². The lowest BCUT2D eigenvalue weighted by Gasteiger charge is -2.18. The fourth-order valence-corrected chi connectivity index (χ4v) is 3.22. The minimum absolute atomic E-state index is 0.248. The molecule has 1 atom stereocenters. The van der Waals surface area contributed by atoms with Gasteiger partial charge in [-0.15, -0.1) is 0 Å². The number of benzene rings is 2. The summed E-state index contributed by atoms with van der Waals surface area (Å²) >= 11 is 3.51. The molecule has 3 rings (SSSR count). The number of nitrogens with one attached hydrogen (secondary N) is 1. The van der Waals surface area contributed by atoms with E-state index in [1.54, 1.807) is 6.07 Å². The molecule has 2 nitrogen and oxygen atoms in total. The van der Waals surface area contributed by atoms with Gasteiger partial charge in [-0.2, -0.15) is 0 Å². The highest BCUT2D eigenvalue weighted by Gasteiger charge is 2.23. The standard InChI is InChI=1S/C17H17BrFNO/c1-2-21-17-10-13(19)5-8-16(17)20-15-7-3-11-9-12(18)4-6-14(11)15/h4-6,8-10,15,20H,2-3,7H2,1H3. The van der Waals surface area contributed by atoms with Crippen molar-refractivity contribution in [2.45, 2.75) is 25.8 Å². The topological polar surface area (TPSA) is 21.3 Å². The second kappa shape index (κ2) is 6.06. The van der Waals surface area contributed by atoms with Crippen LogP contribution in [0.5, 0.6) is 5.75 Å². The van der Waals surface area contributed by atoms with Crippen molar-refractivity contribution in [3.05, 3.63) is 57.8 Å². The number of aryl methyl sites for hydroxylation is 1. The molecule has 0 radical (unpaired) electrons. The molecule has 0 heterocycles. The zero-order chi connectivity index (χ0) is 14.8. The first-order valence-electron chi connectivity index (χ1n) is 7.14. The Morgan fingerprint density at radius 2 is 2.14 bits per heavy atom. The fourth-order valence-electron chi connectivity index (χ4n) is 2.81. The molecule has 21 heavy (non-hydrogen) atoms. The average Bonchev–Trinajstić information content (AvgIpc) is 2.84. The Balaban J connectivity index is 1.86. The first-order chi connectivity index (χ1) is 10.2. The molecule has 0 saturated heterocycles. The predicted octanol–water partition coefficient (Wildman–Crippen LogP) is 5.09. The number of halogens is 2. The van der Waals surface area contributed by atoms with Crippen molar-refractivity contribution in [2.75, 3.05) is 11.9 Å². The fraction of sp³-hybridized carbons (Fsp3) is 0.294. The second-order valence-electron chi connectivity index (χ2n) is 5.15. The smallest absolute Gasteiger partial charge is 0.145 e. The molecule has 1 aliphatic rings. The van der Waals surface area contributed by atoms with E-state index in [1.807, 2.05) is 6.92 Å². The predicted molar refractivity (Wildman–Crippen MR) is 86.4 cm³/mol. The Labute approximate surface area is 132 Å². The van der Waals surface area contributed by atoms with Gasteiger partial charge in [-0.25, -0.2) is 4.39 Å². The molecular weight excluding hydrogens is 333 g/mol. The normalized spacial score (nSPS) is 16.6. The quantitative estimate of drug-likeness (QED) is 0.830. The highest BCUT2D eigenvalue weighted by Crippen LogP contribution is 2.37. The molecular formula is C17H17BrFNO. The van der Waals surface area contributed by atoms with Crippen LogP contribution in [0, 0.1) is 5.82 Å². The van der Waals surface area contributed by atoms with E-state index in [0.717, 1.165) is 23.0 Å². The summed E-state index contributed by atoms with van der Waals surface area (Å²) in [5.74, 6) is 0.294. The van der Waals surface area contributed by atoms with Gasteiger partial charge >= 0.3 is 0 Å². The van der Waals surface area contributed by atoms with Gasteiger partial charge < -0.3 is 10.1 Å². The summed E-state index contributed by atoms with van der Waals surface area (Å²) in [6, 6.07) is 11.3. The highest BCUT2D eigenvalue weighted by atomic mass is 79.9. The van der Waals surface area contributed by atoms with Gasteiger partial charge in [0.05, 0.1) is 18.3 Å². The summed E-state index contributed by atoms with van der Waals surface area (Å²) in [4.78, 5) is 0. The average molecular weight is 350 g/mol. The molecule has 1 N–H and O–H groups in total. The van der Waals surface area contributed by atoms with Crippen molar-refractivity contribution < 1.29 is 9.13 Å². The van der Waals surface area contributed by atoms with Gasteiger partial charge in [-0.05, 0) is 55.2 Å². The molecule has 0 fully saturated rings. The van der Waals surface area contributed by atoms with E-state index >= 15 is 0 Å². The lowest BCUT2D eigenvalue weighted by atomic mass is 10.1. The van der Waals surface area contributed by atoms with Gasteiger partial charge in [0, 0.05) is 10.5 Å². The van der Waals surface area contributed by atoms with Gasteiger partial charge in [0.25, 0.3) is 0 Å². The minimum Gasteiger partial charge on any atom is -0.492 e. The van der Waals surface area contributed by atoms with Crippen LogP contribution in [0.1, 0.15) is 30.5 Å². The Hall–Kier alpha value is -1.55. The Morgan fingerprint density at radius 3 is 2.95 bits per heavy atom.